The first kappa shape index (κ1) is 16.7. The SMILES string of the molecule is Cc1ccc(N2CCC(CN3CCCCC3=O)CC2)c([N+](=O)[O-])c1. The van der Waals surface area contributed by atoms with Crippen molar-refractivity contribution in [3.05, 3.63) is 33.9 Å². The Bertz CT molecular complexity index is 624. The number of amides is 1. The van der Waals surface area contributed by atoms with Gasteiger partial charge >= 0.3 is 0 Å². The Morgan fingerprint density at radius 2 is 1.96 bits per heavy atom. The molecule has 2 fully saturated rings. The summed E-state index contributed by atoms with van der Waals surface area (Å²) < 4.78 is 0. The van der Waals surface area contributed by atoms with Crippen LogP contribution in [0.1, 0.15) is 37.7 Å². The van der Waals surface area contributed by atoms with E-state index in [1.807, 2.05) is 24.0 Å². The average Bonchev–Trinajstić information content (AvgIpc) is 2.58. The van der Waals surface area contributed by atoms with Gasteiger partial charge in [0, 0.05) is 38.7 Å². The summed E-state index contributed by atoms with van der Waals surface area (Å²) in [5, 5.41) is 11.3. The van der Waals surface area contributed by atoms with E-state index in [9.17, 15) is 14.9 Å². The molecule has 0 saturated carbocycles. The molecule has 2 heterocycles. The smallest absolute Gasteiger partial charge is 0.292 e. The fraction of sp³-hybridized carbons (Fsp3) is 0.611. The first-order valence-corrected chi connectivity index (χ1v) is 8.82. The molecule has 6 nitrogen and oxygen atoms in total. The van der Waals surface area contributed by atoms with Gasteiger partial charge in [-0.15, -0.1) is 0 Å². The topological polar surface area (TPSA) is 66.7 Å². The third-order valence-electron chi connectivity index (χ3n) is 5.18. The first-order chi connectivity index (χ1) is 11.5. The van der Waals surface area contributed by atoms with Gasteiger partial charge in [-0.25, -0.2) is 0 Å². The lowest BCUT2D eigenvalue weighted by atomic mass is 9.94. The van der Waals surface area contributed by atoms with Gasteiger partial charge in [0.2, 0.25) is 5.91 Å². The van der Waals surface area contributed by atoms with Crippen LogP contribution in [0.25, 0.3) is 0 Å². The van der Waals surface area contributed by atoms with Gasteiger partial charge in [0.1, 0.15) is 5.69 Å². The lowest BCUT2D eigenvalue weighted by Crippen LogP contribution is -2.42. The number of likely N-dealkylation sites (tertiary alicyclic amines) is 1. The summed E-state index contributed by atoms with van der Waals surface area (Å²) in [5.41, 5.74) is 1.82. The Morgan fingerprint density at radius 1 is 1.21 bits per heavy atom. The Kier molecular flexibility index (Phi) is 5.02. The van der Waals surface area contributed by atoms with Crippen molar-refractivity contribution in [2.24, 2.45) is 5.92 Å². The predicted octanol–water partition coefficient (Wildman–Crippen LogP) is 3.13. The Hall–Kier alpha value is -2.11. The van der Waals surface area contributed by atoms with Crippen molar-refractivity contribution >= 4 is 17.3 Å². The van der Waals surface area contributed by atoms with Crippen LogP contribution in [0.4, 0.5) is 11.4 Å². The standard InChI is InChI=1S/C18H25N3O3/c1-14-5-6-16(17(12-14)21(23)24)19-10-7-15(8-11-19)13-20-9-3-2-4-18(20)22/h5-6,12,15H,2-4,7-11,13H2,1H3. The van der Waals surface area contributed by atoms with Crippen molar-refractivity contribution in [1.29, 1.82) is 0 Å². The van der Waals surface area contributed by atoms with Crippen molar-refractivity contribution < 1.29 is 9.72 Å². The van der Waals surface area contributed by atoms with Gasteiger partial charge < -0.3 is 9.80 Å². The number of hydrogen-bond acceptors (Lipinski definition) is 4. The molecular weight excluding hydrogens is 306 g/mol. The van der Waals surface area contributed by atoms with E-state index >= 15 is 0 Å². The van der Waals surface area contributed by atoms with Gasteiger partial charge in [0.25, 0.3) is 5.69 Å². The van der Waals surface area contributed by atoms with Gasteiger partial charge in [0.05, 0.1) is 4.92 Å². The molecule has 0 aromatic heterocycles. The second-order valence-electron chi connectivity index (χ2n) is 6.98. The first-order valence-electron chi connectivity index (χ1n) is 8.82. The highest BCUT2D eigenvalue weighted by molar-refractivity contribution is 5.76. The zero-order valence-electron chi connectivity index (χ0n) is 14.2. The molecule has 0 bridgehead atoms. The number of nitro groups is 1. The molecule has 2 aliphatic rings. The fourth-order valence-electron chi connectivity index (χ4n) is 3.77. The molecule has 2 saturated heterocycles. The molecule has 6 heteroatoms. The largest absolute Gasteiger partial charge is 0.366 e. The van der Waals surface area contributed by atoms with Crippen LogP contribution >= 0.6 is 0 Å². The van der Waals surface area contributed by atoms with Gasteiger partial charge in [0.15, 0.2) is 0 Å². The molecule has 1 amide bonds. The number of carbonyl (C=O) groups is 1. The summed E-state index contributed by atoms with van der Waals surface area (Å²) in [4.78, 5) is 27.1. The summed E-state index contributed by atoms with van der Waals surface area (Å²) in [6.45, 7) is 5.25. The molecule has 0 N–H and O–H groups in total. The highest BCUT2D eigenvalue weighted by Gasteiger charge is 2.27. The Labute approximate surface area is 142 Å². The zero-order chi connectivity index (χ0) is 17.1. The van der Waals surface area contributed by atoms with E-state index in [4.69, 9.17) is 0 Å². The summed E-state index contributed by atoms with van der Waals surface area (Å²) in [6.07, 6.45) is 4.78. The van der Waals surface area contributed by atoms with Crippen LogP contribution in [0.15, 0.2) is 18.2 Å². The Morgan fingerprint density at radius 3 is 2.62 bits per heavy atom. The number of rotatable bonds is 4. The van der Waals surface area contributed by atoms with Crippen LogP contribution in [-0.4, -0.2) is 41.9 Å². The molecular formula is C18H25N3O3. The lowest BCUT2D eigenvalue weighted by Gasteiger charge is -2.36. The average molecular weight is 331 g/mol. The van der Waals surface area contributed by atoms with Crippen LogP contribution in [0.5, 0.6) is 0 Å². The van der Waals surface area contributed by atoms with Gasteiger partial charge in [-0.2, -0.15) is 0 Å². The van der Waals surface area contributed by atoms with E-state index in [0.717, 1.165) is 63.1 Å². The maximum absolute atomic E-state index is 11.9. The van der Waals surface area contributed by atoms with E-state index in [1.165, 1.54) is 0 Å². The minimum absolute atomic E-state index is 0.194. The summed E-state index contributed by atoms with van der Waals surface area (Å²) in [5.74, 6) is 0.797. The van der Waals surface area contributed by atoms with Crippen molar-refractivity contribution in [3.63, 3.8) is 0 Å². The van der Waals surface area contributed by atoms with Crippen LogP contribution in [0.3, 0.4) is 0 Å². The van der Waals surface area contributed by atoms with Crippen LogP contribution in [-0.2, 0) is 4.79 Å². The van der Waals surface area contributed by atoms with E-state index < -0.39 is 0 Å². The number of benzene rings is 1. The normalized spacial score (nSPS) is 19.6. The third-order valence-corrected chi connectivity index (χ3v) is 5.18. The molecule has 0 aliphatic carbocycles. The maximum Gasteiger partial charge on any atom is 0.292 e. The van der Waals surface area contributed by atoms with Gasteiger partial charge in [-0.05, 0) is 50.2 Å². The van der Waals surface area contributed by atoms with Gasteiger partial charge in [-0.1, -0.05) is 6.07 Å². The molecule has 1 aromatic carbocycles. The quantitative estimate of drug-likeness (QED) is 0.628. The van der Waals surface area contributed by atoms with Crippen molar-refractivity contribution in [3.8, 4) is 0 Å². The number of nitro benzene ring substituents is 1. The summed E-state index contributed by atoms with van der Waals surface area (Å²) >= 11 is 0. The van der Waals surface area contributed by atoms with E-state index in [-0.39, 0.29) is 16.5 Å². The number of piperidine rings is 2. The molecule has 3 rings (SSSR count). The minimum atomic E-state index is -0.291. The van der Waals surface area contributed by atoms with Crippen molar-refractivity contribution in [1.82, 2.24) is 4.90 Å². The molecule has 0 atom stereocenters. The molecule has 0 unspecified atom stereocenters. The predicted molar refractivity (Wildman–Crippen MR) is 93.2 cm³/mol. The van der Waals surface area contributed by atoms with Crippen molar-refractivity contribution in [2.45, 2.75) is 39.0 Å². The number of aryl methyl sites for hydroxylation is 1. The highest BCUT2D eigenvalue weighted by Crippen LogP contribution is 2.32. The second kappa shape index (κ2) is 7.20. The monoisotopic (exact) mass is 331 g/mol. The number of nitrogens with zero attached hydrogens (tertiary/aromatic N) is 3. The van der Waals surface area contributed by atoms with E-state index in [1.54, 1.807) is 6.07 Å². The number of hydrogen-bond donors (Lipinski definition) is 0. The van der Waals surface area contributed by atoms with E-state index in [2.05, 4.69) is 4.90 Å². The van der Waals surface area contributed by atoms with Crippen LogP contribution in [0.2, 0.25) is 0 Å². The minimum Gasteiger partial charge on any atom is -0.366 e. The zero-order valence-corrected chi connectivity index (χ0v) is 14.2. The Balaban J connectivity index is 1.61. The summed E-state index contributed by atoms with van der Waals surface area (Å²) in [6, 6.07) is 5.44. The molecule has 0 radical (unpaired) electrons. The molecule has 0 spiro atoms. The molecule has 130 valence electrons. The molecule has 24 heavy (non-hydrogen) atoms. The molecule has 1 aromatic rings. The van der Waals surface area contributed by atoms with Crippen molar-refractivity contribution in [2.75, 3.05) is 31.1 Å². The second-order valence-corrected chi connectivity index (χ2v) is 6.98. The van der Waals surface area contributed by atoms with E-state index in [0.29, 0.717) is 12.3 Å². The van der Waals surface area contributed by atoms with Crippen LogP contribution < -0.4 is 4.90 Å². The third kappa shape index (κ3) is 3.68. The van der Waals surface area contributed by atoms with Gasteiger partial charge in [-0.3, -0.25) is 14.9 Å². The highest BCUT2D eigenvalue weighted by atomic mass is 16.6. The van der Waals surface area contributed by atoms with Crippen LogP contribution in [0, 0.1) is 23.0 Å². The summed E-state index contributed by atoms with van der Waals surface area (Å²) in [7, 11) is 0. The maximum atomic E-state index is 11.9. The number of carbonyl (C=O) groups excluding carboxylic acids is 1. The lowest BCUT2D eigenvalue weighted by molar-refractivity contribution is -0.384. The number of anilines is 1. The fourth-order valence-corrected chi connectivity index (χ4v) is 3.77. The molecule has 2 aliphatic heterocycles.